The zero-order valence-electron chi connectivity index (χ0n) is 34.1. The summed E-state index contributed by atoms with van der Waals surface area (Å²) in [5, 5.41) is 10.2. The summed E-state index contributed by atoms with van der Waals surface area (Å²) in [5.41, 5.74) is 0. The Bertz CT molecular complexity index is 1150. The van der Waals surface area contributed by atoms with Crippen molar-refractivity contribution in [2.45, 2.75) is 174 Å². The van der Waals surface area contributed by atoms with Crippen molar-refractivity contribution in [2.24, 2.45) is 0 Å². The molecular weight excluding hydrogens is 778 g/mol. The van der Waals surface area contributed by atoms with E-state index in [1.807, 2.05) is 6.92 Å². The van der Waals surface area contributed by atoms with E-state index in [2.05, 4.69) is 13.8 Å². The van der Waals surface area contributed by atoms with Crippen LogP contribution in [-0.2, 0) is 65.4 Å². The van der Waals surface area contributed by atoms with Crippen molar-refractivity contribution in [2.75, 3.05) is 39.6 Å². The van der Waals surface area contributed by atoms with Crippen LogP contribution in [0.5, 0.6) is 0 Å². The van der Waals surface area contributed by atoms with E-state index < -0.39 is 97.5 Å². The Morgan fingerprint density at radius 3 is 1.18 bits per heavy atom. The normalized spacial score (nSPS) is 15.2. The summed E-state index contributed by atoms with van der Waals surface area (Å²) in [7, 11) is -9.77. The molecule has 0 bridgehead atoms. The standard InChI is InChI=1S/C37H70O17P2/c1-5-9-12-14-15-16-18-19-23-35(40)48-28-33(54-37(42)24-20-17-13-10-6-2)30-52-56(45,46)50-26-31(38)25-49-55(43,44)51-29-32(27-47-34(39)21-8-4)53-36(41)22-11-7-3/h31-33,38H,5-30H2,1-4H3,(H,43,44)(H,45,46)/t31-,32+,33+/m0/s1. The van der Waals surface area contributed by atoms with Gasteiger partial charge >= 0.3 is 39.5 Å². The Morgan fingerprint density at radius 1 is 0.429 bits per heavy atom. The van der Waals surface area contributed by atoms with Gasteiger partial charge in [-0.3, -0.25) is 37.3 Å². The molecule has 17 nitrogen and oxygen atoms in total. The Labute approximate surface area is 333 Å². The molecule has 0 aromatic rings. The number of phosphoric ester groups is 2. The maximum absolute atomic E-state index is 12.6. The van der Waals surface area contributed by atoms with Gasteiger partial charge in [-0.1, -0.05) is 105 Å². The molecule has 0 saturated heterocycles. The summed E-state index contributed by atoms with van der Waals surface area (Å²) in [4.78, 5) is 69.0. The Balaban J connectivity index is 4.99. The maximum Gasteiger partial charge on any atom is 0.472 e. The summed E-state index contributed by atoms with van der Waals surface area (Å²) in [6.07, 6.45) is 10.9. The highest BCUT2D eigenvalue weighted by Crippen LogP contribution is 2.45. The van der Waals surface area contributed by atoms with Gasteiger partial charge in [0.25, 0.3) is 0 Å². The first kappa shape index (κ1) is 54.1. The molecule has 0 aromatic carbocycles. The number of aliphatic hydroxyl groups is 1. The van der Waals surface area contributed by atoms with Crippen molar-refractivity contribution < 1.29 is 80.2 Å². The Kier molecular flexibility index (Phi) is 32.8. The van der Waals surface area contributed by atoms with Crippen molar-refractivity contribution in [1.29, 1.82) is 0 Å². The van der Waals surface area contributed by atoms with Crippen LogP contribution >= 0.6 is 15.6 Å². The average molecular weight is 849 g/mol. The smallest absolute Gasteiger partial charge is 0.462 e. The van der Waals surface area contributed by atoms with Crippen LogP contribution in [0, 0.1) is 0 Å². The van der Waals surface area contributed by atoms with E-state index in [9.17, 15) is 43.2 Å². The third kappa shape index (κ3) is 33.1. The van der Waals surface area contributed by atoms with E-state index in [0.29, 0.717) is 25.7 Å². The van der Waals surface area contributed by atoms with E-state index >= 15 is 0 Å². The number of ether oxygens (including phenoxy) is 4. The van der Waals surface area contributed by atoms with Crippen molar-refractivity contribution in [3.63, 3.8) is 0 Å². The topological polar surface area (TPSA) is 237 Å². The quantitative estimate of drug-likeness (QED) is 0.0237. The van der Waals surface area contributed by atoms with Crippen LogP contribution in [0.2, 0.25) is 0 Å². The number of hydrogen-bond donors (Lipinski definition) is 3. The molecule has 56 heavy (non-hydrogen) atoms. The summed E-state index contributed by atoms with van der Waals surface area (Å²) in [6.45, 7) is 3.88. The summed E-state index contributed by atoms with van der Waals surface area (Å²) in [6, 6.07) is 0. The van der Waals surface area contributed by atoms with Crippen LogP contribution < -0.4 is 0 Å². The van der Waals surface area contributed by atoms with Crippen LogP contribution in [0.25, 0.3) is 0 Å². The second kappa shape index (κ2) is 34.0. The molecule has 0 heterocycles. The van der Waals surface area contributed by atoms with Crippen molar-refractivity contribution >= 4 is 39.5 Å². The van der Waals surface area contributed by atoms with Gasteiger partial charge in [0.2, 0.25) is 0 Å². The second-order valence-electron chi connectivity index (χ2n) is 13.6. The van der Waals surface area contributed by atoms with Crippen LogP contribution in [-0.4, -0.2) is 96.7 Å². The van der Waals surface area contributed by atoms with Gasteiger partial charge in [-0.2, -0.15) is 0 Å². The molecule has 0 radical (unpaired) electrons. The number of phosphoric acid groups is 2. The fraction of sp³-hybridized carbons (Fsp3) is 0.892. The van der Waals surface area contributed by atoms with Gasteiger partial charge in [0.1, 0.15) is 19.3 Å². The van der Waals surface area contributed by atoms with E-state index in [4.69, 9.17) is 37.0 Å². The minimum Gasteiger partial charge on any atom is -0.462 e. The monoisotopic (exact) mass is 848 g/mol. The largest absolute Gasteiger partial charge is 0.472 e. The van der Waals surface area contributed by atoms with Crippen molar-refractivity contribution in [3.8, 4) is 0 Å². The second-order valence-corrected chi connectivity index (χ2v) is 16.5. The van der Waals surface area contributed by atoms with E-state index in [1.54, 1.807) is 6.92 Å². The number of carbonyl (C=O) groups is 4. The zero-order chi connectivity index (χ0) is 42.1. The third-order valence-electron chi connectivity index (χ3n) is 8.07. The third-order valence-corrected chi connectivity index (χ3v) is 9.97. The Hall–Kier alpha value is -1.94. The Morgan fingerprint density at radius 2 is 0.768 bits per heavy atom. The highest BCUT2D eigenvalue weighted by atomic mass is 31.2. The van der Waals surface area contributed by atoms with E-state index in [1.165, 1.54) is 19.3 Å². The number of esters is 4. The van der Waals surface area contributed by atoms with Crippen LogP contribution in [0.15, 0.2) is 0 Å². The van der Waals surface area contributed by atoms with Gasteiger partial charge in [0, 0.05) is 25.7 Å². The highest BCUT2D eigenvalue weighted by Gasteiger charge is 2.30. The number of carbonyl (C=O) groups excluding carboxylic acids is 4. The molecule has 0 saturated carbocycles. The first-order chi connectivity index (χ1) is 26.7. The summed E-state index contributed by atoms with van der Waals surface area (Å²) >= 11 is 0. The van der Waals surface area contributed by atoms with Crippen molar-refractivity contribution in [1.82, 2.24) is 0 Å². The van der Waals surface area contributed by atoms with Gasteiger partial charge in [-0.05, 0) is 25.7 Å². The molecule has 3 N–H and O–H groups in total. The number of aliphatic hydroxyl groups excluding tert-OH is 1. The summed E-state index contributed by atoms with van der Waals surface area (Å²) in [5.74, 6) is -2.28. The minimum atomic E-state index is -4.89. The van der Waals surface area contributed by atoms with Crippen molar-refractivity contribution in [3.05, 3.63) is 0 Å². The predicted molar refractivity (Wildman–Crippen MR) is 206 cm³/mol. The maximum atomic E-state index is 12.6. The lowest BCUT2D eigenvalue weighted by Crippen LogP contribution is -2.30. The lowest BCUT2D eigenvalue weighted by molar-refractivity contribution is -0.161. The molecular formula is C37H70O17P2. The molecule has 2 unspecified atom stereocenters. The molecule has 0 aliphatic carbocycles. The van der Waals surface area contributed by atoms with Gasteiger partial charge in [0.05, 0.1) is 26.4 Å². The molecule has 0 aromatic heterocycles. The number of hydrogen-bond acceptors (Lipinski definition) is 15. The van der Waals surface area contributed by atoms with E-state index in [-0.39, 0.29) is 25.7 Å². The first-order valence-corrected chi connectivity index (χ1v) is 23.3. The molecule has 0 aliphatic rings. The van der Waals surface area contributed by atoms with E-state index in [0.717, 1.165) is 57.8 Å². The van der Waals surface area contributed by atoms with Gasteiger partial charge in [0.15, 0.2) is 12.2 Å². The molecule has 0 amide bonds. The van der Waals surface area contributed by atoms with Gasteiger partial charge in [-0.25, -0.2) is 9.13 Å². The molecule has 5 atom stereocenters. The fourth-order valence-electron chi connectivity index (χ4n) is 4.88. The average Bonchev–Trinajstić information content (AvgIpc) is 3.15. The van der Waals surface area contributed by atoms with Gasteiger partial charge < -0.3 is 33.8 Å². The molecule has 0 fully saturated rings. The molecule has 0 spiro atoms. The molecule has 0 rings (SSSR count). The SMILES string of the molecule is CCCCCCCCCCC(=O)OC[C@H](COP(=O)(O)OC[C@@H](O)COP(=O)(O)OC[C@@H](COC(=O)CCC)OC(=O)CCCC)OC(=O)CCCCCCC. The van der Waals surface area contributed by atoms with Gasteiger partial charge in [-0.15, -0.1) is 0 Å². The molecule has 0 aliphatic heterocycles. The fourth-order valence-corrected chi connectivity index (χ4v) is 6.46. The van der Waals surface area contributed by atoms with Crippen LogP contribution in [0.4, 0.5) is 0 Å². The summed E-state index contributed by atoms with van der Waals surface area (Å²) < 4.78 is 65.3. The predicted octanol–water partition coefficient (Wildman–Crippen LogP) is 7.41. The molecule has 19 heteroatoms. The lowest BCUT2D eigenvalue weighted by atomic mass is 10.1. The molecule has 330 valence electrons. The zero-order valence-corrected chi connectivity index (χ0v) is 35.9. The number of unbranched alkanes of at least 4 members (excludes halogenated alkanes) is 12. The minimum absolute atomic E-state index is 0.0751. The first-order valence-electron chi connectivity index (χ1n) is 20.3. The number of rotatable bonds is 38. The lowest BCUT2D eigenvalue weighted by Gasteiger charge is -2.21. The highest BCUT2D eigenvalue weighted by molar-refractivity contribution is 7.47. The van der Waals surface area contributed by atoms with Crippen LogP contribution in [0.1, 0.15) is 156 Å². The van der Waals surface area contributed by atoms with Crippen LogP contribution in [0.3, 0.4) is 0 Å².